The van der Waals surface area contributed by atoms with E-state index in [2.05, 4.69) is 31.0 Å². The summed E-state index contributed by atoms with van der Waals surface area (Å²) < 4.78 is 11.5. The molecule has 1 unspecified atom stereocenters. The highest BCUT2D eigenvalue weighted by molar-refractivity contribution is 9.10. The monoisotopic (exact) mass is 339 g/mol. The van der Waals surface area contributed by atoms with E-state index in [-0.39, 0.29) is 11.9 Å². The van der Waals surface area contributed by atoms with E-state index >= 15 is 0 Å². The number of benzene rings is 1. The van der Waals surface area contributed by atoms with E-state index in [0.717, 1.165) is 13.1 Å². The molecule has 106 valence electrons. The summed E-state index contributed by atoms with van der Waals surface area (Å²) in [4.78, 5) is 6.52. The molecule has 1 N–H and O–H groups in total. The Morgan fingerprint density at radius 2 is 2.30 bits per heavy atom. The Kier molecular flexibility index (Phi) is 3.73. The van der Waals surface area contributed by atoms with Gasteiger partial charge in [0.05, 0.1) is 11.1 Å². The standard InChI is InChI=1S/C13H14BrN3O3/c1-17-4-5-19-11(7-17)12-15-13(20-16-12)8-2-3-9(14)10(18)6-8/h2-3,6,11,18H,4-5,7H2,1H3. The Labute approximate surface area is 124 Å². The SMILES string of the molecule is CN1CCOC(c2noc(-c3ccc(Br)c(O)c3)n2)C1. The zero-order valence-corrected chi connectivity index (χ0v) is 12.5. The van der Waals surface area contributed by atoms with Gasteiger partial charge in [0.25, 0.3) is 5.89 Å². The second-order valence-electron chi connectivity index (χ2n) is 4.75. The number of morpholine rings is 1. The maximum absolute atomic E-state index is 9.68. The van der Waals surface area contributed by atoms with Crippen LogP contribution in [0, 0.1) is 0 Å². The third-order valence-electron chi connectivity index (χ3n) is 3.19. The number of hydrogen-bond donors (Lipinski definition) is 1. The average molecular weight is 340 g/mol. The molecular formula is C13H14BrN3O3. The molecule has 0 radical (unpaired) electrons. The van der Waals surface area contributed by atoms with Gasteiger partial charge < -0.3 is 19.3 Å². The third-order valence-corrected chi connectivity index (χ3v) is 3.86. The van der Waals surface area contributed by atoms with Crippen LogP contribution in [0.2, 0.25) is 0 Å². The molecule has 0 amide bonds. The van der Waals surface area contributed by atoms with E-state index in [1.165, 1.54) is 0 Å². The minimum atomic E-state index is -0.171. The molecule has 2 aromatic rings. The Balaban J connectivity index is 1.84. The Morgan fingerprint density at radius 3 is 3.05 bits per heavy atom. The van der Waals surface area contributed by atoms with Gasteiger partial charge in [0, 0.05) is 18.7 Å². The Morgan fingerprint density at radius 1 is 1.45 bits per heavy atom. The molecule has 1 aromatic carbocycles. The normalized spacial score (nSPS) is 20.2. The lowest BCUT2D eigenvalue weighted by Gasteiger charge is -2.27. The van der Waals surface area contributed by atoms with Gasteiger partial charge in [-0.3, -0.25) is 0 Å². The van der Waals surface area contributed by atoms with Crippen molar-refractivity contribution in [1.82, 2.24) is 15.0 Å². The summed E-state index contributed by atoms with van der Waals surface area (Å²) in [5.41, 5.74) is 0.675. The maximum Gasteiger partial charge on any atom is 0.258 e. The van der Waals surface area contributed by atoms with Crippen LogP contribution < -0.4 is 0 Å². The predicted molar refractivity (Wildman–Crippen MR) is 75.3 cm³/mol. The van der Waals surface area contributed by atoms with Crippen molar-refractivity contribution >= 4 is 15.9 Å². The Hall–Kier alpha value is -1.44. The van der Waals surface area contributed by atoms with E-state index in [1.54, 1.807) is 18.2 Å². The number of aromatic hydroxyl groups is 1. The van der Waals surface area contributed by atoms with E-state index in [4.69, 9.17) is 9.26 Å². The van der Waals surface area contributed by atoms with Gasteiger partial charge in [0.1, 0.15) is 11.9 Å². The van der Waals surface area contributed by atoms with Gasteiger partial charge in [-0.2, -0.15) is 4.98 Å². The number of aromatic nitrogens is 2. The summed E-state index contributed by atoms with van der Waals surface area (Å²) in [6.45, 7) is 2.30. The fraction of sp³-hybridized carbons (Fsp3) is 0.385. The molecule has 1 aliphatic heterocycles. The quantitative estimate of drug-likeness (QED) is 0.904. The second kappa shape index (κ2) is 5.51. The first-order valence-electron chi connectivity index (χ1n) is 6.26. The van der Waals surface area contributed by atoms with Crippen molar-refractivity contribution in [3.63, 3.8) is 0 Å². The fourth-order valence-corrected chi connectivity index (χ4v) is 2.31. The molecule has 20 heavy (non-hydrogen) atoms. The van der Waals surface area contributed by atoms with Crippen LogP contribution in [0.3, 0.4) is 0 Å². The molecule has 1 atom stereocenters. The van der Waals surface area contributed by atoms with Crippen molar-refractivity contribution in [3.05, 3.63) is 28.5 Å². The van der Waals surface area contributed by atoms with Crippen LogP contribution >= 0.6 is 15.9 Å². The van der Waals surface area contributed by atoms with Gasteiger partial charge in [-0.25, -0.2) is 0 Å². The molecule has 6 nitrogen and oxygen atoms in total. The number of likely N-dealkylation sites (N-methyl/N-ethyl adjacent to an activating group) is 1. The lowest BCUT2D eigenvalue weighted by molar-refractivity contribution is -0.0264. The largest absolute Gasteiger partial charge is 0.507 e. The number of hydrogen-bond acceptors (Lipinski definition) is 6. The van der Waals surface area contributed by atoms with Crippen molar-refractivity contribution in [2.45, 2.75) is 6.10 Å². The summed E-state index contributed by atoms with van der Waals surface area (Å²) in [6.07, 6.45) is -0.171. The zero-order valence-electron chi connectivity index (χ0n) is 10.9. The third kappa shape index (κ3) is 2.70. The van der Waals surface area contributed by atoms with Crippen LogP contribution in [0.4, 0.5) is 0 Å². The number of rotatable bonds is 2. The topological polar surface area (TPSA) is 71.6 Å². The highest BCUT2D eigenvalue weighted by Crippen LogP contribution is 2.30. The van der Waals surface area contributed by atoms with Crippen molar-refractivity contribution in [3.8, 4) is 17.2 Å². The van der Waals surface area contributed by atoms with Gasteiger partial charge >= 0.3 is 0 Å². The lowest BCUT2D eigenvalue weighted by atomic mass is 10.2. The maximum atomic E-state index is 9.68. The first kappa shape index (κ1) is 13.5. The summed E-state index contributed by atoms with van der Waals surface area (Å²) in [6, 6.07) is 5.11. The molecule has 2 heterocycles. The van der Waals surface area contributed by atoms with Crippen molar-refractivity contribution in [1.29, 1.82) is 0 Å². The highest BCUT2D eigenvalue weighted by atomic mass is 79.9. The highest BCUT2D eigenvalue weighted by Gasteiger charge is 2.24. The molecule has 3 rings (SSSR count). The van der Waals surface area contributed by atoms with Crippen molar-refractivity contribution in [2.75, 3.05) is 26.7 Å². The lowest BCUT2D eigenvalue weighted by Crippen LogP contribution is -2.35. The molecule has 0 spiro atoms. The minimum Gasteiger partial charge on any atom is -0.507 e. The summed E-state index contributed by atoms with van der Waals surface area (Å²) in [5.74, 6) is 1.05. The van der Waals surface area contributed by atoms with E-state index in [0.29, 0.717) is 28.4 Å². The van der Waals surface area contributed by atoms with Crippen molar-refractivity contribution in [2.24, 2.45) is 0 Å². The van der Waals surface area contributed by atoms with Gasteiger partial charge in [-0.15, -0.1) is 0 Å². The number of phenols is 1. The molecule has 1 aromatic heterocycles. The summed E-state index contributed by atoms with van der Waals surface area (Å²) in [7, 11) is 2.03. The number of ether oxygens (including phenoxy) is 1. The van der Waals surface area contributed by atoms with Crippen LogP contribution in [0.5, 0.6) is 5.75 Å². The molecule has 1 saturated heterocycles. The second-order valence-corrected chi connectivity index (χ2v) is 5.60. The molecule has 1 fully saturated rings. The van der Waals surface area contributed by atoms with Crippen LogP contribution in [-0.2, 0) is 4.74 Å². The van der Waals surface area contributed by atoms with E-state index < -0.39 is 0 Å². The molecule has 0 aliphatic carbocycles. The molecule has 1 aliphatic rings. The number of phenolic OH excluding ortho intramolecular Hbond substituents is 1. The van der Waals surface area contributed by atoms with Crippen LogP contribution in [0.15, 0.2) is 27.2 Å². The van der Waals surface area contributed by atoms with E-state index in [9.17, 15) is 5.11 Å². The van der Waals surface area contributed by atoms with Crippen molar-refractivity contribution < 1.29 is 14.4 Å². The van der Waals surface area contributed by atoms with E-state index in [1.807, 2.05) is 7.05 Å². The summed E-state index contributed by atoms with van der Waals surface area (Å²) >= 11 is 3.23. The van der Waals surface area contributed by atoms with Gasteiger partial charge in [-0.1, -0.05) is 5.16 Å². The first-order valence-corrected chi connectivity index (χ1v) is 7.05. The zero-order chi connectivity index (χ0) is 14.1. The first-order chi connectivity index (χ1) is 9.63. The molecule has 0 bridgehead atoms. The Bertz CT molecular complexity index is 617. The predicted octanol–water partition coefficient (Wildman–Crippen LogP) is 2.21. The minimum absolute atomic E-state index is 0.135. The fourth-order valence-electron chi connectivity index (χ4n) is 2.06. The average Bonchev–Trinajstić information content (AvgIpc) is 2.92. The van der Waals surface area contributed by atoms with Crippen LogP contribution in [0.1, 0.15) is 11.9 Å². The van der Waals surface area contributed by atoms with Gasteiger partial charge in [-0.05, 0) is 41.2 Å². The smallest absolute Gasteiger partial charge is 0.258 e. The molecular weight excluding hydrogens is 326 g/mol. The number of halogens is 1. The molecule has 0 saturated carbocycles. The van der Waals surface area contributed by atoms with Gasteiger partial charge in [0.15, 0.2) is 0 Å². The summed E-state index contributed by atoms with van der Waals surface area (Å²) in [5, 5.41) is 13.7. The van der Waals surface area contributed by atoms with Crippen LogP contribution in [-0.4, -0.2) is 46.9 Å². The number of nitrogens with zero attached hydrogens (tertiary/aromatic N) is 3. The molecule has 7 heteroatoms. The van der Waals surface area contributed by atoms with Gasteiger partial charge in [0.2, 0.25) is 5.82 Å². The van der Waals surface area contributed by atoms with Crippen LogP contribution in [0.25, 0.3) is 11.5 Å².